The van der Waals surface area contributed by atoms with Gasteiger partial charge in [0.05, 0.1) is 22.1 Å². The van der Waals surface area contributed by atoms with Gasteiger partial charge in [-0.05, 0) is 90.9 Å². The van der Waals surface area contributed by atoms with Gasteiger partial charge in [-0.1, -0.05) is 73.3 Å². The Balaban J connectivity index is 1.11. The second kappa shape index (κ2) is 10.2. The molecule has 0 aliphatic rings. The predicted molar refractivity (Wildman–Crippen MR) is 206 cm³/mol. The van der Waals surface area contributed by atoms with E-state index in [4.69, 9.17) is 18.8 Å². The highest BCUT2D eigenvalue weighted by molar-refractivity contribution is 6.09. The molecule has 0 amide bonds. The molecule has 6 heterocycles. The first-order chi connectivity index (χ1) is 25.2. The summed E-state index contributed by atoms with van der Waals surface area (Å²) in [5, 5.41) is 1.92. The van der Waals surface area contributed by atoms with E-state index in [0.29, 0.717) is 5.71 Å². The molecule has 8 nitrogen and oxygen atoms in total. The van der Waals surface area contributed by atoms with Gasteiger partial charge in [0.25, 0.3) is 0 Å². The van der Waals surface area contributed by atoms with E-state index in [1.165, 1.54) is 0 Å². The molecule has 0 atom stereocenters. The van der Waals surface area contributed by atoms with Crippen LogP contribution in [0, 0.1) is 0 Å². The largest absolute Gasteiger partial charge is 0.437 e. The van der Waals surface area contributed by atoms with E-state index in [0.717, 1.165) is 94.8 Å². The molecular weight excluding hydrogens is 633 g/mol. The quantitative estimate of drug-likeness (QED) is 0.172. The molecule has 0 spiro atoms. The van der Waals surface area contributed by atoms with Gasteiger partial charge in [-0.2, -0.15) is 0 Å². The number of allylic oxidation sites excluding steroid dienone is 5. The Bertz CT molecular complexity index is 3280. The fourth-order valence-electron chi connectivity index (χ4n) is 7.72. The molecular formula is C43H28N6O2. The van der Waals surface area contributed by atoms with E-state index >= 15 is 0 Å². The number of nitrogens with zero attached hydrogens (tertiary/aromatic N) is 6. The lowest BCUT2D eigenvalue weighted by Crippen LogP contribution is -1.95. The number of furan rings is 2. The molecule has 0 saturated heterocycles. The van der Waals surface area contributed by atoms with Crippen molar-refractivity contribution >= 4 is 83.7 Å². The standard InChI is InChI=1S/C43H28N6O2/c1-3-12-28(13-4-2)46-32-16-8-10-18-34(32)48-40-38(44-42(46)48)30-24-26(20-22-36(30)50-40)27-21-23-37-31(25-27)39-41(51-37)49-35-19-11-9-17-33(35)47(43(49)45-39)29-14-6-5-7-15-29/h3-25H,1H2,2H3/b13-4-,28-12+. The van der Waals surface area contributed by atoms with E-state index in [1.807, 2.05) is 61.5 Å². The number of benzene rings is 5. The van der Waals surface area contributed by atoms with Crippen molar-refractivity contribution in [2.75, 3.05) is 0 Å². The van der Waals surface area contributed by atoms with Gasteiger partial charge in [-0.15, -0.1) is 0 Å². The van der Waals surface area contributed by atoms with Crippen LogP contribution in [0.5, 0.6) is 0 Å². The second-order valence-corrected chi connectivity index (χ2v) is 12.7. The second-order valence-electron chi connectivity index (χ2n) is 12.7. The maximum Gasteiger partial charge on any atom is 0.234 e. The Morgan fingerprint density at radius 2 is 1.18 bits per heavy atom. The minimum atomic E-state index is 0.716. The Morgan fingerprint density at radius 1 is 0.627 bits per heavy atom. The average Bonchev–Trinajstić information content (AvgIpc) is 3.99. The van der Waals surface area contributed by atoms with E-state index in [2.05, 4.69) is 103 Å². The van der Waals surface area contributed by atoms with E-state index in [1.54, 1.807) is 6.08 Å². The first-order valence-electron chi connectivity index (χ1n) is 16.9. The summed E-state index contributed by atoms with van der Waals surface area (Å²) in [6.45, 7) is 5.96. The van der Waals surface area contributed by atoms with Crippen LogP contribution in [0.2, 0.25) is 0 Å². The van der Waals surface area contributed by atoms with Gasteiger partial charge in [0, 0.05) is 22.2 Å². The molecule has 51 heavy (non-hydrogen) atoms. The molecule has 0 bridgehead atoms. The van der Waals surface area contributed by atoms with Crippen molar-refractivity contribution in [2.45, 2.75) is 6.92 Å². The lowest BCUT2D eigenvalue weighted by Gasteiger charge is -2.05. The summed E-state index contributed by atoms with van der Waals surface area (Å²) in [6.07, 6.45) is 7.89. The molecule has 0 radical (unpaired) electrons. The minimum Gasteiger partial charge on any atom is -0.437 e. The number of hydrogen-bond donors (Lipinski definition) is 0. The first kappa shape index (κ1) is 27.8. The Hall–Kier alpha value is -7.06. The summed E-state index contributed by atoms with van der Waals surface area (Å²) in [4.78, 5) is 10.4. The highest BCUT2D eigenvalue weighted by atomic mass is 16.3. The molecule has 0 aliphatic heterocycles. The summed E-state index contributed by atoms with van der Waals surface area (Å²) < 4.78 is 21.6. The van der Waals surface area contributed by atoms with Crippen LogP contribution in [-0.2, 0) is 0 Å². The summed E-state index contributed by atoms with van der Waals surface area (Å²) >= 11 is 0. The number of aromatic nitrogens is 6. The third-order valence-corrected chi connectivity index (χ3v) is 9.88. The summed E-state index contributed by atoms with van der Waals surface area (Å²) in [5.41, 5.74) is 13.0. The van der Waals surface area contributed by atoms with Crippen molar-refractivity contribution in [3.8, 4) is 16.8 Å². The summed E-state index contributed by atoms with van der Waals surface area (Å²) in [6, 6.07) is 39.6. The van der Waals surface area contributed by atoms with Gasteiger partial charge in [-0.3, -0.25) is 9.13 Å². The van der Waals surface area contributed by atoms with Crippen molar-refractivity contribution in [3.05, 3.63) is 146 Å². The van der Waals surface area contributed by atoms with Gasteiger partial charge in [0.15, 0.2) is 0 Å². The number of rotatable bonds is 5. The molecule has 5 aromatic carbocycles. The molecule has 11 rings (SSSR count). The minimum absolute atomic E-state index is 0.716. The van der Waals surface area contributed by atoms with E-state index < -0.39 is 0 Å². The maximum absolute atomic E-state index is 6.54. The molecule has 6 aromatic heterocycles. The topological polar surface area (TPSA) is 70.7 Å². The van der Waals surface area contributed by atoms with Crippen LogP contribution in [0.15, 0.2) is 155 Å². The molecule has 242 valence electrons. The van der Waals surface area contributed by atoms with Gasteiger partial charge in [0.2, 0.25) is 23.0 Å². The van der Waals surface area contributed by atoms with Crippen LogP contribution in [0.25, 0.3) is 101 Å². The number of imidazole rings is 4. The number of para-hydroxylation sites is 5. The molecule has 0 fully saturated rings. The lowest BCUT2D eigenvalue weighted by atomic mass is 10.0. The van der Waals surface area contributed by atoms with Gasteiger partial charge in [0.1, 0.15) is 22.2 Å². The molecule has 0 aliphatic carbocycles. The van der Waals surface area contributed by atoms with Crippen molar-refractivity contribution in [2.24, 2.45) is 0 Å². The predicted octanol–water partition coefficient (Wildman–Crippen LogP) is 10.9. The smallest absolute Gasteiger partial charge is 0.234 e. The zero-order valence-electron chi connectivity index (χ0n) is 27.5. The number of fused-ring (bicyclic) bond motifs is 14. The lowest BCUT2D eigenvalue weighted by molar-refractivity contribution is 0.651. The van der Waals surface area contributed by atoms with Crippen molar-refractivity contribution in [1.82, 2.24) is 27.9 Å². The SMILES string of the molecule is C=C/C=C(\C=C/C)n1c2ccccc2n2c3oc4ccc(-c5ccc6oc7c(nc8n(-c9ccccc9)c9ccccc9n78)c6c5)cc4c3nc12. The fourth-order valence-corrected chi connectivity index (χ4v) is 7.72. The molecule has 11 aromatic rings. The zero-order valence-corrected chi connectivity index (χ0v) is 27.5. The van der Waals surface area contributed by atoms with Crippen LogP contribution in [0.1, 0.15) is 6.92 Å². The Labute approximate surface area is 289 Å². The maximum atomic E-state index is 6.54. The third kappa shape index (κ3) is 3.73. The van der Waals surface area contributed by atoms with Crippen LogP contribution in [0.4, 0.5) is 0 Å². The van der Waals surface area contributed by atoms with Crippen LogP contribution in [0.3, 0.4) is 0 Å². The van der Waals surface area contributed by atoms with Crippen molar-refractivity contribution < 1.29 is 8.83 Å². The van der Waals surface area contributed by atoms with Crippen LogP contribution in [-0.4, -0.2) is 27.9 Å². The van der Waals surface area contributed by atoms with E-state index in [-0.39, 0.29) is 0 Å². The summed E-state index contributed by atoms with van der Waals surface area (Å²) in [7, 11) is 0. The Morgan fingerprint density at radius 3 is 1.80 bits per heavy atom. The van der Waals surface area contributed by atoms with Gasteiger partial charge >= 0.3 is 0 Å². The highest BCUT2D eigenvalue weighted by Crippen LogP contribution is 2.39. The molecule has 0 unspecified atom stereocenters. The normalized spacial score (nSPS) is 12.9. The van der Waals surface area contributed by atoms with E-state index in [9.17, 15) is 0 Å². The summed E-state index contributed by atoms with van der Waals surface area (Å²) in [5.74, 6) is 1.60. The molecule has 0 N–H and O–H groups in total. The third-order valence-electron chi connectivity index (χ3n) is 9.88. The van der Waals surface area contributed by atoms with Crippen molar-refractivity contribution in [1.29, 1.82) is 0 Å². The Kier molecular flexibility index (Phi) is 5.58. The van der Waals surface area contributed by atoms with Gasteiger partial charge < -0.3 is 8.83 Å². The zero-order chi connectivity index (χ0) is 33.8. The molecule has 0 saturated carbocycles. The highest BCUT2D eigenvalue weighted by Gasteiger charge is 2.24. The van der Waals surface area contributed by atoms with Gasteiger partial charge in [-0.25, -0.2) is 18.8 Å². The van der Waals surface area contributed by atoms with Crippen molar-refractivity contribution in [3.63, 3.8) is 0 Å². The number of hydrogen-bond acceptors (Lipinski definition) is 4. The first-order valence-corrected chi connectivity index (χ1v) is 16.9. The monoisotopic (exact) mass is 660 g/mol. The fraction of sp³-hybridized carbons (Fsp3) is 0.0233. The molecule has 8 heteroatoms. The van der Waals surface area contributed by atoms with Crippen LogP contribution < -0.4 is 0 Å². The van der Waals surface area contributed by atoms with Crippen LogP contribution >= 0.6 is 0 Å². The average molecular weight is 661 g/mol.